The molecule has 2 N–H and O–H groups in total. The van der Waals surface area contributed by atoms with E-state index in [2.05, 4.69) is 52.8 Å². The van der Waals surface area contributed by atoms with Crippen LogP contribution in [-0.4, -0.2) is 6.54 Å². The van der Waals surface area contributed by atoms with Crippen LogP contribution in [0.2, 0.25) is 0 Å². The lowest BCUT2D eigenvalue weighted by Crippen LogP contribution is -2.26. The molecule has 1 heteroatoms. The minimum atomic E-state index is 0.195. The number of nitrogens with two attached hydrogens (primary N) is 1. The number of benzene rings is 1. The molecule has 0 aliphatic rings. The van der Waals surface area contributed by atoms with Crippen molar-refractivity contribution in [3.05, 3.63) is 34.9 Å². The molecule has 1 nitrogen and oxygen atoms in total. The molecule has 0 fully saturated rings. The minimum absolute atomic E-state index is 0.195. The van der Waals surface area contributed by atoms with Gasteiger partial charge in [-0.05, 0) is 47.9 Å². The van der Waals surface area contributed by atoms with Gasteiger partial charge in [-0.25, -0.2) is 0 Å². The van der Waals surface area contributed by atoms with E-state index in [1.165, 1.54) is 16.7 Å². The third kappa shape index (κ3) is 3.34. The molecule has 0 amide bonds. The summed E-state index contributed by atoms with van der Waals surface area (Å²) in [6, 6.07) is 6.81. The molecule has 90 valence electrons. The van der Waals surface area contributed by atoms with Crippen LogP contribution in [0.25, 0.3) is 0 Å². The smallest absolute Gasteiger partial charge is 0.00226 e. The van der Waals surface area contributed by atoms with E-state index >= 15 is 0 Å². The molecule has 16 heavy (non-hydrogen) atoms. The van der Waals surface area contributed by atoms with Gasteiger partial charge >= 0.3 is 0 Å². The Bertz CT molecular complexity index is 350. The van der Waals surface area contributed by atoms with Gasteiger partial charge in [0.1, 0.15) is 0 Å². The Morgan fingerprint density at radius 3 is 2.38 bits per heavy atom. The van der Waals surface area contributed by atoms with E-state index in [4.69, 9.17) is 5.73 Å². The summed E-state index contributed by atoms with van der Waals surface area (Å²) in [5, 5.41) is 0. The van der Waals surface area contributed by atoms with Gasteiger partial charge in [0.05, 0.1) is 0 Å². The van der Waals surface area contributed by atoms with Crippen LogP contribution < -0.4 is 5.73 Å². The van der Waals surface area contributed by atoms with Crippen molar-refractivity contribution in [2.45, 2.75) is 47.0 Å². The zero-order valence-electron chi connectivity index (χ0n) is 11.3. The molecular formula is C15H25N. The molecule has 0 spiro atoms. The van der Waals surface area contributed by atoms with Crippen LogP contribution in [0.1, 0.15) is 50.3 Å². The van der Waals surface area contributed by atoms with Gasteiger partial charge in [-0.3, -0.25) is 0 Å². The molecule has 0 bridgehead atoms. The molecule has 0 atom stereocenters. The predicted octanol–water partition coefficient (Wildman–Crippen LogP) is 3.65. The van der Waals surface area contributed by atoms with E-state index in [0.717, 1.165) is 13.0 Å². The highest BCUT2D eigenvalue weighted by atomic mass is 14.6. The normalized spacial score (nSPS) is 12.2. The second kappa shape index (κ2) is 5.01. The maximum absolute atomic E-state index is 5.80. The summed E-state index contributed by atoms with van der Waals surface area (Å²) in [7, 11) is 0. The first-order valence-electron chi connectivity index (χ1n) is 6.15. The quantitative estimate of drug-likeness (QED) is 0.822. The van der Waals surface area contributed by atoms with Crippen LogP contribution in [0.3, 0.4) is 0 Å². The first-order valence-corrected chi connectivity index (χ1v) is 6.15. The average molecular weight is 219 g/mol. The van der Waals surface area contributed by atoms with E-state index in [-0.39, 0.29) is 5.41 Å². The third-order valence-electron chi connectivity index (χ3n) is 3.26. The van der Waals surface area contributed by atoms with Crippen molar-refractivity contribution in [2.24, 2.45) is 11.1 Å². The van der Waals surface area contributed by atoms with Gasteiger partial charge in [0.2, 0.25) is 0 Å². The van der Waals surface area contributed by atoms with Crippen molar-refractivity contribution in [3.8, 4) is 0 Å². The van der Waals surface area contributed by atoms with Crippen LogP contribution in [-0.2, 0) is 6.42 Å². The van der Waals surface area contributed by atoms with Crippen molar-refractivity contribution in [1.29, 1.82) is 0 Å². The molecular weight excluding hydrogens is 194 g/mol. The lowest BCUT2D eigenvalue weighted by Gasteiger charge is -2.24. The summed E-state index contributed by atoms with van der Waals surface area (Å²) in [4.78, 5) is 0. The molecule has 0 aliphatic heterocycles. The van der Waals surface area contributed by atoms with Crippen molar-refractivity contribution < 1.29 is 0 Å². The zero-order chi connectivity index (χ0) is 12.3. The maximum atomic E-state index is 5.80. The van der Waals surface area contributed by atoms with E-state index in [9.17, 15) is 0 Å². The van der Waals surface area contributed by atoms with Crippen LogP contribution in [0.15, 0.2) is 18.2 Å². The van der Waals surface area contributed by atoms with Crippen LogP contribution in [0, 0.1) is 12.3 Å². The minimum Gasteiger partial charge on any atom is -0.330 e. The van der Waals surface area contributed by atoms with Crippen LogP contribution in [0.4, 0.5) is 0 Å². The van der Waals surface area contributed by atoms with Gasteiger partial charge in [-0.1, -0.05) is 45.9 Å². The fourth-order valence-corrected chi connectivity index (χ4v) is 1.83. The summed E-state index contributed by atoms with van der Waals surface area (Å²) in [6.45, 7) is 11.9. The second-order valence-corrected chi connectivity index (χ2v) is 5.89. The monoisotopic (exact) mass is 219 g/mol. The first kappa shape index (κ1) is 13.2. The molecule has 0 saturated carbocycles. The van der Waals surface area contributed by atoms with Gasteiger partial charge < -0.3 is 5.73 Å². The lowest BCUT2D eigenvalue weighted by molar-refractivity contribution is 0.376. The Balaban J connectivity index is 2.99. The molecule has 0 heterocycles. The fourth-order valence-electron chi connectivity index (χ4n) is 1.83. The van der Waals surface area contributed by atoms with Crippen molar-refractivity contribution in [2.75, 3.05) is 6.54 Å². The molecule has 1 rings (SSSR count). The lowest BCUT2D eigenvalue weighted by atomic mass is 9.83. The molecule has 0 unspecified atom stereocenters. The van der Waals surface area contributed by atoms with Gasteiger partial charge in [0, 0.05) is 0 Å². The second-order valence-electron chi connectivity index (χ2n) is 5.89. The van der Waals surface area contributed by atoms with Gasteiger partial charge in [-0.15, -0.1) is 0 Å². The number of hydrogen-bond acceptors (Lipinski definition) is 1. The highest BCUT2D eigenvalue weighted by molar-refractivity contribution is 5.33. The summed E-state index contributed by atoms with van der Waals surface area (Å²) >= 11 is 0. The number of hydrogen-bond donors (Lipinski definition) is 1. The van der Waals surface area contributed by atoms with E-state index in [0.29, 0.717) is 5.92 Å². The highest BCUT2D eigenvalue weighted by Crippen LogP contribution is 2.25. The van der Waals surface area contributed by atoms with E-state index in [1.807, 2.05) is 0 Å². The molecule has 0 aromatic heterocycles. The Morgan fingerprint density at radius 1 is 1.25 bits per heavy atom. The molecule has 0 radical (unpaired) electrons. The molecule has 1 aromatic carbocycles. The standard InChI is InChI=1S/C15H25N/c1-11(2)13-7-6-12(3)14(8-13)9-15(4,5)10-16/h6-8,11H,9-10,16H2,1-5H3. The zero-order valence-corrected chi connectivity index (χ0v) is 11.3. The van der Waals surface area contributed by atoms with Crippen LogP contribution >= 0.6 is 0 Å². The molecule has 1 aromatic rings. The predicted molar refractivity (Wildman–Crippen MR) is 71.8 cm³/mol. The number of aryl methyl sites for hydroxylation is 1. The molecule has 0 saturated heterocycles. The van der Waals surface area contributed by atoms with Crippen LogP contribution in [0.5, 0.6) is 0 Å². The van der Waals surface area contributed by atoms with Crippen molar-refractivity contribution in [1.82, 2.24) is 0 Å². The Morgan fingerprint density at radius 2 is 1.88 bits per heavy atom. The summed E-state index contributed by atoms with van der Waals surface area (Å²) in [5.41, 5.74) is 10.2. The summed E-state index contributed by atoms with van der Waals surface area (Å²) in [6.07, 6.45) is 1.07. The molecule has 0 aliphatic carbocycles. The summed E-state index contributed by atoms with van der Waals surface area (Å²) < 4.78 is 0. The van der Waals surface area contributed by atoms with Gasteiger partial charge in [0.15, 0.2) is 0 Å². The Hall–Kier alpha value is -0.820. The first-order chi connectivity index (χ1) is 7.35. The number of rotatable bonds is 4. The third-order valence-corrected chi connectivity index (χ3v) is 3.26. The van der Waals surface area contributed by atoms with Crippen molar-refractivity contribution in [3.63, 3.8) is 0 Å². The highest BCUT2D eigenvalue weighted by Gasteiger charge is 2.17. The average Bonchev–Trinajstić information content (AvgIpc) is 2.21. The largest absolute Gasteiger partial charge is 0.330 e. The Kier molecular flexibility index (Phi) is 4.15. The van der Waals surface area contributed by atoms with E-state index in [1.54, 1.807) is 0 Å². The van der Waals surface area contributed by atoms with Gasteiger partial charge in [-0.2, -0.15) is 0 Å². The SMILES string of the molecule is Cc1ccc(C(C)C)cc1CC(C)(C)CN. The maximum Gasteiger partial charge on any atom is -0.00226 e. The topological polar surface area (TPSA) is 26.0 Å². The Labute approximate surface area is 100 Å². The van der Waals surface area contributed by atoms with Crippen molar-refractivity contribution >= 4 is 0 Å². The van der Waals surface area contributed by atoms with Gasteiger partial charge in [0.25, 0.3) is 0 Å². The summed E-state index contributed by atoms with van der Waals surface area (Å²) in [5.74, 6) is 0.598. The van der Waals surface area contributed by atoms with E-state index < -0.39 is 0 Å². The fraction of sp³-hybridized carbons (Fsp3) is 0.600.